The molecule has 0 aliphatic heterocycles. The van der Waals surface area contributed by atoms with E-state index in [0.717, 1.165) is 6.61 Å². The van der Waals surface area contributed by atoms with E-state index in [2.05, 4.69) is 0 Å². The maximum atomic E-state index is 9.52. The predicted molar refractivity (Wildman–Crippen MR) is 44.1 cm³/mol. The van der Waals surface area contributed by atoms with E-state index in [-0.39, 0.29) is 0 Å². The Morgan fingerprint density at radius 1 is 1.08 bits per heavy atom. The van der Waals surface area contributed by atoms with Crippen molar-refractivity contribution >= 4 is 0 Å². The molecule has 4 nitrogen and oxygen atoms in total. The first-order chi connectivity index (χ1) is 5.68. The Bertz CT molecular complexity index is 99.2. The molecule has 0 atom stereocenters. The smallest absolute Gasteiger partial charge is 0.311 e. The van der Waals surface area contributed by atoms with Crippen molar-refractivity contribution in [2.24, 2.45) is 0 Å². The number of ether oxygens (including phenoxy) is 3. The van der Waals surface area contributed by atoms with Crippen LogP contribution in [0.5, 0.6) is 0 Å². The second-order valence-corrected chi connectivity index (χ2v) is 2.07. The molecule has 0 saturated carbocycles. The van der Waals surface area contributed by atoms with Gasteiger partial charge in [0.05, 0.1) is 0 Å². The van der Waals surface area contributed by atoms with Gasteiger partial charge in [0.1, 0.15) is 0 Å². The van der Waals surface area contributed by atoms with Gasteiger partial charge in [0, 0.05) is 19.8 Å². The molecular weight excluding hydrogens is 160 g/mol. The third kappa shape index (κ3) is 4.66. The SMILES string of the molecule is CCO[CH]C(O)(OCC)OCC. The third-order valence-corrected chi connectivity index (χ3v) is 1.10. The van der Waals surface area contributed by atoms with E-state index >= 15 is 0 Å². The average Bonchev–Trinajstić information content (AvgIpc) is 2.02. The van der Waals surface area contributed by atoms with E-state index in [1.54, 1.807) is 13.8 Å². The minimum absolute atomic E-state index is 0.361. The van der Waals surface area contributed by atoms with Crippen molar-refractivity contribution in [3.63, 3.8) is 0 Å². The van der Waals surface area contributed by atoms with Crippen LogP contribution in [0.3, 0.4) is 0 Å². The molecule has 0 aromatic rings. The summed E-state index contributed by atoms with van der Waals surface area (Å²) >= 11 is 0. The lowest BCUT2D eigenvalue weighted by Gasteiger charge is -2.25. The molecule has 0 rings (SSSR count). The highest BCUT2D eigenvalue weighted by Gasteiger charge is 2.29. The molecule has 1 radical (unpaired) electrons. The fourth-order valence-electron chi connectivity index (χ4n) is 0.712. The minimum atomic E-state index is -1.69. The van der Waals surface area contributed by atoms with Crippen molar-refractivity contribution in [1.82, 2.24) is 0 Å². The van der Waals surface area contributed by atoms with Gasteiger partial charge in [-0.15, -0.1) is 0 Å². The van der Waals surface area contributed by atoms with Gasteiger partial charge in [0.15, 0.2) is 6.61 Å². The highest BCUT2D eigenvalue weighted by molar-refractivity contribution is 4.65. The molecule has 0 aliphatic rings. The molecule has 0 bridgehead atoms. The van der Waals surface area contributed by atoms with Crippen LogP contribution in [0.4, 0.5) is 0 Å². The first-order valence-electron chi connectivity index (χ1n) is 4.14. The zero-order valence-electron chi connectivity index (χ0n) is 7.87. The Kier molecular flexibility index (Phi) is 6.28. The topological polar surface area (TPSA) is 47.9 Å². The first-order valence-corrected chi connectivity index (χ1v) is 4.14. The quantitative estimate of drug-likeness (QED) is 0.587. The van der Waals surface area contributed by atoms with Crippen LogP contribution in [0, 0.1) is 6.61 Å². The minimum Gasteiger partial charge on any atom is -0.367 e. The standard InChI is InChI=1S/C8H17O4/c1-4-10-7-8(9,11-5-2)12-6-3/h7,9H,4-6H2,1-3H3. The summed E-state index contributed by atoms with van der Waals surface area (Å²) in [7, 11) is 0. The van der Waals surface area contributed by atoms with Crippen LogP contribution < -0.4 is 0 Å². The van der Waals surface area contributed by atoms with E-state index in [1.165, 1.54) is 0 Å². The van der Waals surface area contributed by atoms with Crippen molar-refractivity contribution in [3.8, 4) is 0 Å². The molecule has 0 aromatic heterocycles. The van der Waals surface area contributed by atoms with Gasteiger partial charge in [-0.1, -0.05) is 0 Å². The second-order valence-electron chi connectivity index (χ2n) is 2.07. The molecule has 1 N–H and O–H groups in total. The highest BCUT2D eigenvalue weighted by Crippen LogP contribution is 2.13. The van der Waals surface area contributed by atoms with Crippen LogP contribution in [0.2, 0.25) is 0 Å². The molecule has 4 heteroatoms. The molecule has 0 saturated heterocycles. The number of hydrogen-bond acceptors (Lipinski definition) is 4. The van der Waals surface area contributed by atoms with Crippen molar-refractivity contribution in [2.45, 2.75) is 26.7 Å². The molecule has 0 aliphatic carbocycles. The summed E-state index contributed by atoms with van der Waals surface area (Å²) in [6.07, 6.45) is 0. The molecule has 73 valence electrons. The zero-order chi connectivity index (χ0) is 9.45. The Morgan fingerprint density at radius 3 is 1.92 bits per heavy atom. The molecular formula is C8H17O4. The lowest BCUT2D eigenvalue weighted by atomic mass is 10.5. The fourth-order valence-corrected chi connectivity index (χ4v) is 0.712. The fraction of sp³-hybridized carbons (Fsp3) is 0.875. The predicted octanol–water partition coefficient (Wildman–Crippen LogP) is 0.904. The molecule has 12 heavy (non-hydrogen) atoms. The van der Waals surface area contributed by atoms with E-state index < -0.39 is 5.97 Å². The number of aliphatic hydroxyl groups is 1. The van der Waals surface area contributed by atoms with Crippen LogP contribution in [-0.2, 0) is 14.2 Å². The van der Waals surface area contributed by atoms with Crippen LogP contribution >= 0.6 is 0 Å². The summed E-state index contributed by atoms with van der Waals surface area (Å²) < 4.78 is 14.7. The maximum absolute atomic E-state index is 9.52. The first kappa shape index (κ1) is 11.8. The van der Waals surface area contributed by atoms with Gasteiger partial charge in [-0.2, -0.15) is 0 Å². The van der Waals surface area contributed by atoms with Gasteiger partial charge < -0.3 is 19.3 Å². The van der Waals surface area contributed by atoms with E-state index in [1.807, 2.05) is 6.92 Å². The van der Waals surface area contributed by atoms with Gasteiger partial charge in [0.2, 0.25) is 0 Å². The summed E-state index contributed by atoms with van der Waals surface area (Å²) in [5, 5.41) is 9.52. The summed E-state index contributed by atoms with van der Waals surface area (Å²) in [6, 6.07) is 0. The van der Waals surface area contributed by atoms with Gasteiger partial charge >= 0.3 is 5.97 Å². The average molecular weight is 177 g/mol. The van der Waals surface area contributed by atoms with Crippen molar-refractivity contribution in [2.75, 3.05) is 19.8 Å². The zero-order valence-corrected chi connectivity index (χ0v) is 7.87. The largest absolute Gasteiger partial charge is 0.367 e. The Hall–Kier alpha value is -0.160. The second kappa shape index (κ2) is 6.37. The summed E-state index contributed by atoms with van der Waals surface area (Å²) in [5.74, 6) is -1.69. The third-order valence-electron chi connectivity index (χ3n) is 1.10. The van der Waals surface area contributed by atoms with E-state index in [9.17, 15) is 5.11 Å². The lowest BCUT2D eigenvalue weighted by molar-refractivity contribution is -0.352. The van der Waals surface area contributed by atoms with Crippen molar-refractivity contribution in [3.05, 3.63) is 6.61 Å². The van der Waals surface area contributed by atoms with E-state index in [4.69, 9.17) is 14.2 Å². The van der Waals surface area contributed by atoms with Gasteiger partial charge in [-0.05, 0) is 20.8 Å². The Morgan fingerprint density at radius 2 is 1.58 bits per heavy atom. The van der Waals surface area contributed by atoms with Crippen LogP contribution in [0.25, 0.3) is 0 Å². The molecule has 0 amide bonds. The summed E-state index contributed by atoms with van der Waals surface area (Å²) in [6.45, 7) is 7.70. The Labute approximate surface area is 73.4 Å². The van der Waals surface area contributed by atoms with Crippen LogP contribution in [0.15, 0.2) is 0 Å². The van der Waals surface area contributed by atoms with Gasteiger partial charge in [-0.3, -0.25) is 0 Å². The molecule has 0 fully saturated rings. The highest BCUT2D eigenvalue weighted by atomic mass is 16.8. The lowest BCUT2D eigenvalue weighted by Crippen LogP contribution is -2.37. The summed E-state index contributed by atoms with van der Waals surface area (Å²) in [4.78, 5) is 0. The van der Waals surface area contributed by atoms with Crippen LogP contribution in [0.1, 0.15) is 20.8 Å². The molecule has 0 aromatic carbocycles. The molecule has 0 heterocycles. The van der Waals surface area contributed by atoms with Crippen LogP contribution in [-0.4, -0.2) is 30.9 Å². The van der Waals surface area contributed by atoms with Crippen molar-refractivity contribution < 1.29 is 19.3 Å². The van der Waals surface area contributed by atoms with Crippen molar-refractivity contribution in [1.29, 1.82) is 0 Å². The molecule has 0 spiro atoms. The Balaban J connectivity index is 3.80. The number of rotatable bonds is 7. The van der Waals surface area contributed by atoms with E-state index in [0.29, 0.717) is 19.8 Å². The van der Waals surface area contributed by atoms with Gasteiger partial charge in [-0.25, -0.2) is 0 Å². The maximum Gasteiger partial charge on any atom is 0.311 e. The van der Waals surface area contributed by atoms with Gasteiger partial charge in [0.25, 0.3) is 0 Å². The summed E-state index contributed by atoms with van der Waals surface area (Å²) in [5.41, 5.74) is 0. The normalized spacial score (nSPS) is 12.0. The number of hydrogen-bond donors (Lipinski definition) is 1. The molecule has 0 unspecified atom stereocenters. The monoisotopic (exact) mass is 177 g/mol.